The zero-order valence-electron chi connectivity index (χ0n) is 10.1. The summed E-state index contributed by atoms with van der Waals surface area (Å²) in [6.07, 6.45) is 6.59. The van der Waals surface area contributed by atoms with E-state index in [4.69, 9.17) is 4.74 Å². The molecule has 0 aliphatic carbocycles. The Labute approximate surface area is 120 Å². The zero-order chi connectivity index (χ0) is 12.4. The summed E-state index contributed by atoms with van der Waals surface area (Å²) in [6.45, 7) is 1.80. The van der Waals surface area contributed by atoms with Crippen molar-refractivity contribution in [2.45, 2.75) is 25.5 Å². The molecular formula is C14H15IN2O. The number of aromatic nitrogens is 2. The van der Waals surface area contributed by atoms with E-state index in [0.29, 0.717) is 6.10 Å². The van der Waals surface area contributed by atoms with Gasteiger partial charge in [0, 0.05) is 28.1 Å². The summed E-state index contributed by atoms with van der Waals surface area (Å²) in [4.78, 5) is 4.47. The van der Waals surface area contributed by atoms with Crippen LogP contribution in [0.4, 0.5) is 0 Å². The second kappa shape index (κ2) is 5.40. The molecule has 1 aromatic heterocycles. The molecule has 1 saturated heterocycles. The van der Waals surface area contributed by atoms with Crippen LogP contribution in [0.5, 0.6) is 0 Å². The molecule has 1 aliphatic rings. The average Bonchev–Trinajstić information content (AvgIpc) is 3.01. The normalized spacial score (nSPS) is 19.3. The Morgan fingerprint density at radius 2 is 2.39 bits per heavy atom. The molecule has 0 bridgehead atoms. The molecular weight excluding hydrogens is 339 g/mol. The van der Waals surface area contributed by atoms with Crippen LogP contribution in [0.15, 0.2) is 36.7 Å². The highest BCUT2D eigenvalue weighted by molar-refractivity contribution is 14.1. The van der Waals surface area contributed by atoms with E-state index in [1.807, 2.05) is 12.4 Å². The number of ether oxygens (including phenoxy) is 1. The van der Waals surface area contributed by atoms with Gasteiger partial charge in [-0.2, -0.15) is 0 Å². The lowest BCUT2D eigenvalue weighted by atomic mass is 10.2. The molecule has 0 N–H and O–H groups in total. The van der Waals surface area contributed by atoms with Gasteiger partial charge in [-0.1, -0.05) is 12.1 Å². The van der Waals surface area contributed by atoms with Crippen molar-refractivity contribution in [3.05, 3.63) is 40.2 Å². The number of imidazole rings is 1. The number of rotatable bonds is 3. The minimum atomic E-state index is 0.348. The summed E-state index contributed by atoms with van der Waals surface area (Å²) >= 11 is 2.33. The summed E-state index contributed by atoms with van der Waals surface area (Å²) in [6, 6.07) is 8.44. The SMILES string of the molecule is Ic1cccc(-c2nccn2CC2CCCO2)c1. The van der Waals surface area contributed by atoms with Crippen molar-refractivity contribution >= 4 is 22.6 Å². The van der Waals surface area contributed by atoms with E-state index >= 15 is 0 Å². The molecule has 1 aliphatic heterocycles. The predicted octanol–water partition coefficient (Wildman–Crippen LogP) is 3.33. The van der Waals surface area contributed by atoms with Gasteiger partial charge in [-0.3, -0.25) is 0 Å². The van der Waals surface area contributed by atoms with Crippen LogP contribution in [0.25, 0.3) is 11.4 Å². The lowest BCUT2D eigenvalue weighted by molar-refractivity contribution is 0.0974. The Hall–Kier alpha value is -0.880. The minimum Gasteiger partial charge on any atom is -0.376 e. The molecule has 1 fully saturated rings. The molecule has 1 aromatic carbocycles. The maximum atomic E-state index is 5.69. The van der Waals surface area contributed by atoms with Gasteiger partial charge in [0.05, 0.1) is 12.6 Å². The Bertz CT molecular complexity index is 532. The van der Waals surface area contributed by atoms with Crippen LogP contribution in [0.3, 0.4) is 0 Å². The van der Waals surface area contributed by atoms with Crippen LogP contribution in [0.2, 0.25) is 0 Å². The number of hydrogen-bond acceptors (Lipinski definition) is 2. The number of benzene rings is 1. The standard InChI is InChI=1S/C14H15IN2O/c15-12-4-1-3-11(9-12)14-16-6-7-17(14)10-13-5-2-8-18-13/h1,3-4,6-7,9,13H,2,5,8,10H2. The van der Waals surface area contributed by atoms with Crippen molar-refractivity contribution in [3.63, 3.8) is 0 Å². The first kappa shape index (κ1) is 12.2. The fourth-order valence-corrected chi connectivity index (χ4v) is 2.90. The van der Waals surface area contributed by atoms with Crippen molar-refractivity contribution in [1.29, 1.82) is 0 Å². The summed E-state index contributed by atoms with van der Waals surface area (Å²) in [7, 11) is 0. The van der Waals surface area contributed by atoms with Crippen LogP contribution in [0.1, 0.15) is 12.8 Å². The molecule has 2 aromatic rings. The monoisotopic (exact) mass is 354 g/mol. The number of nitrogens with zero attached hydrogens (tertiary/aromatic N) is 2. The quantitative estimate of drug-likeness (QED) is 0.791. The highest BCUT2D eigenvalue weighted by Gasteiger charge is 2.17. The van der Waals surface area contributed by atoms with Crippen LogP contribution in [-0.2, 0) is 11.3 Å². The minimum absolute atomic E-state index is 0.348. The Morgan fingerprint density at radius 1 is 1.44 bits per heavy atom. The van der Waals surface area contributed by atoms with E-state index in [1.54, 1.807) is 0 Å². The summed E-state index contributed by atoms with van der Waals surface area (Å²) in [5.41, 5.74) is 1.17. The van der Waals surface area contributed by atoms with Gasteiger partial charge in [-0.25, -0.2) is 4.98 Å². The number of halogens is 1. The second-order valence-corrected chi connectivity index (χ2v) is 5.79. The van der Waals surface area contributed by atoms with E-state index in [-0.39, 0.29) is 0 Å². The largest absolute Gasteiger partial charge is 0.376 e. The third kappa shape index (κ3) is 2.59. The summed E-state index contributed by atoms with van der Waals surface area (Å²) in [5, 5.41) is 0. The van der Waals surface area contributed by atoms with E-state index in [1.165, 1.54) is 15.6 Å². The maximum absolute atomic E-state index is 5.69. The molecule has 0 radical (unpaired) electrons. The Kier molecular flexibility index (Phi) is 3.65. The lowest BCUT2D eigenvalue weighted by Gasteiger charge is -2.13. The van der Waals surface area contributed by atoms with Crippen molar-refractivity contribution in [3.8, 4) is 11.4 Å². The van der Waals surface area contributed by atoms with Gasteiger partial charge in [0.2, 0.25) is 0 Å². The fraction of sp³-hybridized carbons (Fsp3) is 0.357. The first-order valence-corrected chi connectivity index (χ1v) is 7.29. The molecule has 94 valence electrons. The third-order valence-electron chi connectivity index (χ3n) is 3.22. The van der Waals surface area contributed by atoms with Crippen LogP contribution >= 0.6 is 22.6 Å². The smallest absolute Gasteiger partial charge is 0.140 e. The van der Waals surface area contributed by atoms with Crippen LogP contribution in [0, 0.1) is 3.57 Å². The average molecular weight is 354 g/mol. The summed E-state index contributed by atoms with van der Waals surface area (Å²) in [5.74, 6) is 1.03. The highest BCUT2D eigenvalue weighted by atomic mass is 127. The first-order chi connectivity index (χ1) is 8.83. The van der Waals surface area contributed by atoms with Gasteiger partial charge >= 0.3 is 0 Å². The third-order valence-corrected chi connectivity index (χ3v) is 3.89. The lowest BCUT2D eigenvalue weighted by Crippen LogP contribution is -2.15. The van der Waals surface area contributed by atoms with Gasteiger partial charge in [0.15, 0.2) is 0 Å². The molecule has 3 nitrogen and oxygen atoms in total. The molecule has 0 amide bonds. The molecule has 2 heterocycles. The van der Waals surface area contributed by atoms with Crippen molar-refractivity contribution < 1.29 is 4.74 Å². The molecule has 1 atom stereocenters. The summed E-state index contributed by atoms with van der Waals surface area (Å²) < 4.78 is 9.12. The highest BCUT2D eigenvalue weighted by Crippen LogP contribution is 2.22. The molecule has 0 saturated carbocycles. The van der Waals surface area contributed by atoms with E-state index < -0.39 is 0 Å². The van der Waals surface area contributed by atoms with Crippen molar-refractivity contribution in [2.75, 3.05) is 6.61 Å². The first-order valence-electron chi connectivity index (χ1n) is 6.21. The molecule has 0 spiro atoms. The topological polar surface area (TPSA) is 27.1 Å². The Balaban J connectivity index is 1.86. The molecule has 4 heteroatoms. The second-order valence-electron chi connectivity index (χ2n) is 4.55. The molecule has 3 rings (SSSR count). The zero-order valence-corrected chi connectivity index (χ0v) is 12.2. The predicted molar refractivity (Wildman–Crippen MR) is 79.4 cm³/mol. The van der Waals surface area contributed by atoms with Gasteiger partial charge in [-0.05, 0) is 47.6 Å². The van der Waals surface area contributed by atoms with Gasteiger partial charge < -0.3 is 9.30 Å². The Morgan fingerprint density at radius 3 is 3.17 bits per heavy atom. The van der Waals surface area contributed by atoms with Crippen molar-refractivity contribution in [2.24, 2.45) is 0 Å². The van der Waals surface area contributed by atoms with E-state index in [9.17, 15) is 0 Å². The van der Waals surface area contributed by atoms with Crippen molar-refractivity contribution in [1.82, 2.24) is 9.55 Å². The maximum Gasteiger partial charge on any atom is 0.140 e. The van der Waals surface area contributed by atoms with Gasteiger partial charge in [0.1, 0.15) is 5.82 Å². The van der Waals surface area contributed by atoms with E-state index in [2.05, 4.69) is 56.4 Å². The van der Waals surface area contributed by atoms with Crippen LogP contribution in [-0.4, -0.2) is 22.3 Å². The van der Waals surface area contributed by atoms with Crippen LogP contribution < -0.4 is 0 Å². The number of hydrogen-bond donors (Lipinski definition) is 0. The fourth-order valence-electron chi connectivity index (χ4n) is 2.35. The van der Waals surface area contributed by atoms with Gasteiger partial charge in [-0.15, -0.1) is 0 Å². The molecule has 18 heavy (non-hydrogen) atoms. The van der Waals surface area contributed by atoms with E-state index in [0.717, 1.165) is 25.4 Å². The van der Waals surface area contributed by atoms with Gasteiger partial charge in [0.25, 0.3) is 0 Å². The molecule has 1 unspecified atom stereocenters.